The van der Waals surface area contributed by atoms with Crippen molar-refractivity contribution in [1.29, 1.82) is 0 Å². The fourth-order valence-electron chi connectivity index (χ4n) is 0.158. The summed E-state index contributed by atoms with van der Waals surface area (Å²) in [5, 5.41) is 7.61. The summed E-state index contributed by atoms with van der Waals surface area (Å²) >= 11 is 2.05. The van der Waals surface area contributed by atoms with Crippen molar-refractivity contribution in [3.8, 4) is 0 Å². The second-order valence-electron chi connectivity index (χ2n) is 1.17. The largest absolute Gasteiger partial charge is 0.508 e. The van der Waals surface area contributed by atoms with E-state index in [-0.39, 0.29) is 0 Å². The van der Waals surface area contributed by atoms with Crippen LogP contribution in [-0.4, -0.2) is 15.0 Å². The van der Waals surface area contributed by atoms with Gasteiger partial charge in [-0.3, -0.25) is 0 Å². The SMILES string of the molecule is O=P(O)(OO)OP(=O)(O)OBr. The molecular formula is H3BrO8P2. The topological polar surface area (TPSA) is 123 Å². The molecule has 2 unspecified atom stereocenters. The summed E-state index contributed by atoms with van der Waals surface area (Å²) in [6, 6.07) is 0. The molecule has 2 atom stereocenters. The van der Waals surface area contributed by atoms with Crippen molar-refractivity contribution in [3.05, 3.63) is 0 Å². The minimum atomic E-state index is -4.92. The molecule has 68 valence electrons. The summed E-state index contributed by atoms with van der Waals surface area (Å²) in [5.41, 5.74) is 0. The number of phosphoric acid groups is 2. The minimum Gasteiger partial charge on any atom is -0.302 e. The molecule has 3 N–H and O–H groups in total. The molecule has 0 aromatic heterocycles. The average Bonchev–Trinajstić information content (AvgIpc) is 1.86. The lowest BCUT2D eigenvalue weighted by Crippen LogP contribution is -1.90. The molecule has 0 aliphatic rings. The summed E-state index contributed by atoms with van der Waals surface area (Å²) in [5.74, 6) is 0. The van der Waals surface area contributed by atoms with Gasteiger partial charge in [0.1, 0.15) is 16.3 Å². The Hall–Kier alpha value is 0.700. The van der Waals surface area contributed by atoms with Gasteiger partial charge >= 0.3 is 15.6 Å². The van der Waals surface area contributed by atoms with Gasteiger partial charge in [-0.2, -0.15) is 4.31 Å². The van der Waals surface area contributed by atoms with Crippen LogP contribution in [0.4, 0.5) is 0 Å². The van der Waals surface area contributed by atoms with Crippen LogP contribution in [0.3, 0.4) is 0 Å². The van der Waals surface area contributed by atoms with E-state index < -0.39 is 15.6 Å². The van der Waals surface area contributed by atoms with Crippen molar-refractivity contribution < 1.29 is 36.8 Å². The van der Waals surface area contributed by atoms with Gasteiger partial charge in [0.15, 0.2) is 0 Å². The van der Waals surface area contributed by atoms with Crippen LogP contribution in [-0.2, 0) is 21.7 Å². The highest BCUT2D eigenvalue weighted by Crippen LogP contribution is 2.60. The number of hydrogen-bond donors (Lipinski definition) is 3. The Labute approximate surface area is 69.3 Å². The van der Waals surface area contributed by atoms with E-state index in [2.05, 4.69) is 12.6 Å². The van der Waals surface area contributed by atoms with Crippen molar-refractivity contribution in [3.63, 3.8) is 0 Å². The molecule has 11 heteroatoms. The molecule has 11 heavy (non-hydrogen) atoms. The van der Waals surface area contributed by atoms with E-state index in [9.17, 15) is 9.13 Å². The maximum Gasteiger partial charge on any atom is 0.508 e. The van der Waals surface area contributed by atoms with Crippen molar-refractivity contribution >= 4 is 31.9 Å². The summed E-state index contributed by atoms with van der Waals surface area (Å²) in [6.45, 7) is 0. The normalized spacial score (nSPS) is 22.2. The van der Waals surface area contributed by atoms with E-state index in [4.69, 9.17) is 15.0 Å². The maximum atomic E-state index is 10.3. The van der Waals surface area contributed by atoms with Crippen molar-refractivity contribution in [2.75, 3.05) is 0 Å². The van der Waals surface area contributed by atoms with Gasteiger partial charge in [0.2, 0.25) is 0 Å². The molecule has 0 saturated carbocycles. The third-order valence-corrected chi connectivity index (χ3v) is 3.53. The zero-order valence-corrected chi connectivity index (χ0v) is 8.03. The van der Waals surface area contributed by atoms with Crippen LogP contribution in [0, 0.1) is 0 Å². The van der Waals surface area contributed by atoms with E-state index in [0.717, 1.165) is 0 Å². The lowest BCUT2D eigenvalue weighted by Gasteiger charge is -2.08. The predicted molar refractivity (Wildman–Crippen MR) is 34.5 cm³/mol. The molecule has 0 aromatic rings. The molecule has 0 fully saturated rings. The molecule has 0 amide bonds. The van der Waals surface area contributed by atoms with E-state index in [1.54, 1.807) is 0 Å². The molecule has 0 aromatic carbocycles. The number of halogens is 1. The summed E-state index contributed by atoms with van der Waals surface area (Å²) in [6.07, 6.45) is 0. The van der Waals surface area contributed by atoms with Gasteiger partial charge < -0.3 is 9.79 Å². The summed E-state index contributed by atoms with van der Waals surface area (Å²) in [4.78, 5) is 16.5. The van der Waals surface area contributed by atoms with E-state index in [1.165, 1.54) is 0 Å². The maximum absolute atomic E-state index is 10.3. The molecule has 0 bridgehead atoms. The number of rotatable bonds is 4. The van der Waals surface area contributed by atoms with Crippen LogP contribution in [0.2, 0.25) is 0 Å². The molecule has 0 radical (unpaired) electrons. The van der Waals surface area contributed by atoms with Gasteiger partial charge in [0.25, 0.3) is 0 Å². The Morgan fingerprint density at radius 2 is 1.64 bits per heavy atom. The Balaban J connectivity index is 4.26. The lowest BCUT2D eigenvalue weighted by molar-refractivity contribution is -0.157. The average molecular weight is 273 g/mol. The fourth-order valence-corrected chi connectivity index (χ4v) is 1.90. The summed E-state index contributed by atoms with van der Waals surface area (Å²) < 4.78 is 30.3. The zero-order valence-electron chi connectivity index (χ0n) is 4.66. The standard InChI is InChI=1S/BrH3O8P2/c1-7-10(3,4)9-11(5,6)8-2/h2H,(H,3,4)(H,5,6). The van der Waals surface area contributed by atoms with E-state index >= 15 is 0 Å². The van der Waals surface area contributed by atoms with E-state index in [1.807, 2.05) is 16.3 Å². The first-order valence-electron chi connectivity index (χ1n) is 1.83. The zero-order chi connectivity index (χ0) is 9.12. The Morgan fingerprint density at radius 1 is 1.18 bits per heavy atom. The van der Waals surface area contributed by atoms with Crippen LogP contribution in [0.5, 0.6) is 0 Å². The lowest BCUT2D eigenvalue weighted by atomic mass is 15.0. The molecular weight excluding hydrogens is 270 g/mol. The molecule has 0 spiro atoms. The quantitative estimate of drug-likeness (QED) is 0.394. The third-order valence-electron chi connectivity index (χ3n) is 0.397. The Bertz CT molecular complexity index is 186. The Morgan fingerprint density at radius 3 is 1.91 bits per heavy atom. The van der Waals surface area contributed by atoms with Gasteiger partial charge in [-0.05, 0) is 0 Å². The molecule has 0 aliphatic heterocycles. The molecule has 0 rings (SSSR count). The van der Waals surface area contributed by atoms with Crippen LogP contribution in [0.25, 0.3) is 0 Å². The van der Waals surface area contributed by atoms with Crippen LogP contribution in [0.1, 0.15) is 0 Å². The smallest absolute Gasteiger partial charge is 0.302 e. The first-order chi connectivity index (χ1) is 4.83. The summed E-state index contributed by atoms with van der Waals surface area (Å²) in [7, 11) is -9.62. The second kappa shape index (κ2) is 4.08. The van der Waals surface area contributed by atoms with Crippen LogP contribution in [0.15, 0.2) is 0 Å². The van der Waals surface area contributed by atoms with Crippen LogP contribution >= 0.6 is 31.9 Å². The molecule has 0 aliphatic carbocycles. The van der Waals surface area contributed by atoms with Gasteiger partial charge in [-0.15, -0.1) is 4.67 Å². The molecule has 0 heterocycles. The molecule has 0 saturated heterocycles. The highest BCUT2D eigenvalue weighted by Gasteiger charge is 2.35. The Kier molecular flexibility index (Phi) is 4.34. The van der Waals surface area contributed by atoms with Crippen molar-refractivity contribution in [1.82, 2.24) is 0 Å². The monoisotopic (exact) mass is 272 g/mol. The van der Waals surface area contributed by atoms with Crippen LogP contribution < -0.4 is 0 Å². The minimum absolute atomic E-state index is 2.05. The van der Waals surface area contributed by atoms with Gasteiger partial charge in [0.05, 0.1) is 0 Å². The highest BCUT2D eigenvalue weighted by molar-refractivity contribution is 9.06. The highest BCUT2D eigenvalue weighted by atomic mass is 79.9. The molecule has 8 nitrogen and oxygen atoms in total. The number of hydrogen-bond acceptors (Lipinski definition) is 6. The first kappa shape index (κ1) is 11.7. The van der Waals surface area contributed by atoms with E-state index in [0.29, 0.717) is 0 Å². The second-order valence-corrected chi connectivity index (χ2v) is 4.87. The first-order valence-corrected chi connectivity index (χ1v) is 5.47. The van der Waals surface area contributed by atoms with Gasteiger partial charge in [-0.1, -0.05) is 0 Å². The van der Waals surface area contributed by atoms with Crippen molar-refractivity contribution in [2.24, 2.45) is 0 Å². The predicted octanol–water partition coefficient (Wildman–Crippen LogP) is 1.02. The van der Waals surface area contributed by atoms with Crippen molar-refractivity contribution in [2.45, 2.75) is 0 Å². The fraction of sp³-hybridized carbons (Fsp3) is 0. The van der Waals surface area contributed by atoms with Gasteiger partial charge in [-0.25, -0.2) is 18.0 Å². The van der Waals surface area contributed by atoms with Gasteiger partial charge in [0, 0.05) is 0 Å². The third kappa shape index (κ3) is 5.02.